The first-order valence-electron chi connectivity index (χ1n) is 5.22. The molecule has 0 aliphatic heterocycles. The minimum Gasteiger partial charge on any atom is -0.207 e. The Morgan fingerprint density at radius 3 is 2.22 bits per heavy atom. The topological polar surface area (TPSA) is 37.4 Å². The van der Waals surface area contributed by atoms with Gasteiger partial charge in [-0.2, -0.15) is 16.1 Å². The molecule has 0 aromatic heterocycles. The second-order valence-corrected chi connectivity index (χ2v) is 7.71. The zero-order chi connectivity index (χ0) is 13.9. The Kier molecular flexibility index (Phi) is 5.80. The molecule has 0 saturated carbocycles. The lowest BCUT2D eigenvalue weighted by Crippen LogP contribution is -2.36. The molecule has 18 heavy (non-hydrogen) atoms. The molecular formula is C11H15Cl2NO2S2. The van der Waals surface area contributed by atoms with E-state index in [2.05, 4.69) is 0 Å². The summed E-state index contributed by atoms with van der Waals surface area (Å²) in [5, 5.41) is 0.624. The molecule has 0 fully saturated rings. The van der Waals surface area contributed by atoms with Crippen molar-refractivity contribution < 1.29 is 8.42 Å². The van der Waals surface area contributed by atoms with Crippen LogP contribution in [0.1, 0.15) is 6.92 Å². The van der Waals surface area contributed by atoms with Gasteiger partial charge in [0.25, 0.3) is 0 Å². The van der Waals surface area contributed by atoms with Crippen molar-refractivity contribution in [2.45, 2.75) is 17.9 Å². The lowest BCUT2D eigenvalue weighted by atomic mass is 10.4. The number of hydrogen-bond acceptors (Lipinski definition) is 3. The Labute approximate surface area is 123 Å². The van der Waals surface area contributed by atoms with Crippen molar-refractivity contribution in [2.24, 2.45) is 0 Å². The van der Waals surface area contributed by atoms with E-state index < -0.39 is 10.0 Å². The van der Waals surface area contributed by atoms with Gasteiger partial charge in [0, 0.05) is 28.9 Å². The highest BCUT2D eigenvalue weighted by Crippen LogP contribution is 2.25. The van der Waals surface area contributed by atoms with Gasteiger partial charge in [-0.1, -0.05) is 23.2 Å². The quantitative estimate of drug-likeness (QED) is 0.832. The van der Waals surface area contributed by atoms with E-state index in [0.29, 0.717) is 10.0 Å². The zero-order valence-corrected chi connectivity index (χ0v) is 13.5. The minimum atomic E-state index is -3.55. The largest absolute Gasteiger partial charge is 0.243 e. The molecule has 0 amide bonds. The van der Waals surface area contributed by atoms with Crippen LogP contribution in [0.4, 0.5) is 0 Å². The van der Waals surface area contributed by atoms with Crippen molar-refractivity contribution in [3.63, 3.8) is 0 Å². The van der Waals surface area contributed by atoms with Crippen molar-refractivity contribution in [3.05, 3.63) is 28.2 Å². The zero-order valence-electron chi connectivity index (χ0n) is 10.4. The Balaban J connectivity index is 3.13. The van der Waals surface area contributed by atoms with Crippen molar-refractivity contribution in [3.8, 4) is 0 Å². The van der Waals surface area contributed by atoms with Gasteiger partial charge in [-0.15, -0.1) is 0 Å². The summed E-state index contributed by atoms with van der Waals surface area (Å²) in [5.41, 5.74) is 0. The van der Waals surface area contributed by atoms with Crippen LogP contribution in [0.3, 0.4) is 0 Å². The van der Waals surface area contributed by atoms with E-state index in [4.69, 9.17) is 23.2 Å². The summed E-state index contributed by atoms with van der Waals surface area (Å²) in [6, 6.07) is 4.23. The predicted molar refractivity (Wildman–Crippen MR) is 79.3 cm³/mol. The first kappa shape index (κ1) is 16.1. The van der Waals surface area contributed by atoms with Gasteiger partial charge in [-0.05, 0) is 31.4 Å². The van der Waals surface area contributed by atoms with E-state index in [0.717, 1.165) is 5.75 Å². The maximum atomic E-state index is 12.4. The van der Waals surface area contributed by atoms with Crippen molar-refractivity contribution in [1.29, 1.82) is 0 Å². The standard InChI is InChI=1S/C11H15Cl2NO2S2/c1-8(7-17-3)14(2)18(15,16)11-5-9(12)4-10(13)6-11/h4-6,8H,7H2,1-3H3/t8-/m1/s1. The Morgan fingerprint density at radius 2 is 1.78 bits per heavy atom. The molecule has 1 aromatic carbocycles. The number of benzene rings is 1. The van der Waals surface area contributed by atoms with Crippen LogP contribution in [0.25, 0.3) is 0 Å². The van der Waals surface area contributed by atoms with Gasteiger partial charge in [0.15, 0.2) is 0 Å². The number of hydrogen-bond donors (Lipinski definition) is 0. The van der Waals surface area contributed by atoms with Gasteiger partial charge in [-0.3, -0.25) is 0 Å². The van der Waals surface area contributed by atoms with Crippen LogP contribution in [0, 0.1) is 0 Å². The molecule has 7 heteroatoms. The smallest absolute Gasteiger partial charge is 0.207 e. The number of thioether (sulfide) groups is 1. The third-order valence-corrected chi connectivity index (χ3v) is 5.74. The summed E-state index contributed by atoms with van der Waals surface area (Å²) >= 11 is 13.3. The van der Waals surface area contributed by atoms with Crippen LogP contribution >= 0.6 is 35.0 Å². The van der Waals surface area contributed by atoms with Crippen molar-refractivity contribution >= 4 is 45.0 Å². The summed E-state index contributed by atoms with van der Waals surface area (Å²) in [6.45, 7) is 1.86. The van der Waals surface area contributed by atoms with Crippen LogP contribution in [0.15, 0.2) is 23.1 Å². The highest BCUT2D eigenvalue weighted by atomic mass is 35.5. The van der Waals surface area contributed by atoms with E-state index >= 15 is 0 Å². The molecule has 0 saturated heterocycles. The first-order chi connectivity index (χ1) is 8.28. The number of sulfonamides is 1. The predicted octanol–water partition coefficient (Wildman–Crippen LogP) is 3.37. The number of nitrogens with zero attached hydrogens (tertiary/aromatic N) is 1. The van der Waals surface area contributed by atoms with Crippen LogP contribution < -0.4 is 0 Å². The molecule has 0 bridgehead atoms. The maximum absolute atomic E-state index is 12.4. The first-order valence-corrected chi connectivity index (χ1v) is 8.81. The lowest BCUT2D eigenvalue weighted by Gasteiger charge is -2.23. The monoisotopic (exact) mass is 327 g/mol. The van der Waals surface area contributed by atoms with Gasteiger partial charge >= 0.3 is 0 Å². The molecule has 3 nitrogen and oxygen atoms in total. The average molecular weight is 328 g/mol. The highest BCUT2D eigenvalue weighted by Gasteiger charge is 2.25. The fourth-order valence-corrected chi connectivity index (χ4v) is 4.32. The average Bonchev–Trinajstić information content (AvgIpc) is 2.27. The number of halogens is 2. The third-order valence-electron chi connectivity index (χ3n) is 2.54. The summed E-state index contributed by atoms with van der Waals surface area (Å²) in [4.78, 5) is 0.121. The van der Waals surface area contributed by atoms with E-state index in [9.17, 15) is 8.42 Å². The lowest BCUT2D eigenvalue weighted by molar-refractivity contribution is 0.415. The van der Waals surface area contributed by atoms with Crippen LogP contribution in [0.5, 0.6) is 0 Å². The fourth-order valence-electron chi connectivity index (χ4n) is 1.43. The molecule has 0 heterocycles. The Hall–Kier alpha value is 0.0600. The molecule has 1 atom stereocenters. The SMILES string of the molecule is CSC[C@@H](C)N(C)S(=O)(=O)c1cc(Cl)cc(Cl)c1. The summed E-state index contributed by atoms with van der Waals surface area (Å²) in [7, 11) is -1.99. The second-order valence-electron chi connectivity index (χ2n) is 3.93. The van der Waals surface area contributed by atoms with Crippen LogP contribution in [0.2, 0.25) is 10.0 Å². The summed E-state index contributed by atoms with van der Waals surface area (Å²) in [6.07, 6.45) is 1.94. The van der Waals surface area contributed by atoms with Gasteiger partial charge in [0.05, 0.1) is 4.90 Å². The van der Waals surface area contributed by atoms with Gasteiger partial charge in [0.2, 0.25) is 10.0 Å². The maximum Gasteiger partial charge on any atom is 0.243 e. The fraction of sp³-hybridized carbons (Fsp3) is 0.455. The molecular weight excluding hydrogens is 313 g/mol. The molecule has 0 radical (unpaired) electrons. The Bertz CT molecular complexity index is 500. The Morgan fingerprint density at radius 1 is 1.28 bits per heavy atom. The van der Waals surface area contributed by atoms with Gasteiger partial charge in [0.1, 0.15) is 0 Å². The molecule has 0 N–H and O–H groups in total. The molecule has 0 unspecified atom stereocenters. The summed E-state index contributed by atoms with van der Waals surface area (Å²) < 4.78 is 26.0. The highest BCUT2D eigenvalue weighted by molar-refractivity contribution is 7.98. The normalized spacial score (nSPS) is 13.9. The van der Waals surface area contributed by atoms with E-state index in [1.165, 1.54) is 22.5 Å². The molecule has 1 rings (SSSR count). The van der Waals surface area contributed by atoms with Crippen LogP contribution in [-0.4, -0.2) is 37.8 Å². The summed E-state index contributed by atoms with van der Waals surface area (Å²) in [5.74, 6) is 0.726. The van der Waals surface area contributed by atoms with E-state index in [1.54, 1.807) is 18.8 Å². The molecule has 102 valence electrons. The molecule has 0 aliphatic rings. The second kappa shape index (κ2) is 6.48. The third kappa shape index (κ3) is 3.78. The molecule has 0 spiro atoms. The number of rotatable bonds is 5. The van der Waals surface area contributed by atoms with E-state index in [1.807, 2.05) is 13.2 Å². The van der Waals surface area contributed by atoms with Crippen LogP contribution in [-0.2, 0) is 10.0 Å². The van der Waals surface area contributed by atoms with E-state index in [-0.39, 0.29) is 10.9 Å². The molecule has 1 aromatic rings. The molecule has 0 aliphatic carbocycles. The van der Waals surface area contributed by atoms with Gasteiger partial charge in [-0.25, -0.2) is 8.42 Å². The van der Waals surface area contributed by atoms with Crippen molar-refractivity contribution in [1.82, 2.24) is 4.31 Å². The van der Waals surface area contributed by atoms with Gasteiger partial charge < -0.3 is 0 Å². The minimum absolute atomic E-state index is 0.0947. The van der Waals surface area contributed by atoms with Crippen molar-refractivity contribution in [2.75, 3.05) is 19.1 Å².